The second kappa shape index (κ2) is 5.38. The first-order valence-corrected chi connectivity index (χ1v) is 5.93. The summed E-state index contributed by atoms with van der Waals surface area (Å²) in [4.78, 5) is 24.5. The summed E-state index contributed by atoms with van der Waals surface area (Å²) in [5.74, 6) is -2.10. The number of benzene rings is 1. The lowest BCUT2D eigenvalue weighted by Crippen LogP contribution is -2.48. The van der Waals surface area contributed by atoms with Crippen molar-refractivity contribution in [2.45, 2.75) is 33.2 Å². The summed E-state index contributed by atoms with van der Waals surface area (Å²) in [6.07, 6.45) is 0. The number of aliphatic carboxylic acids is 1. The van der Waals surface area contributed by atoms with Crippen molar-refractivity contribution in [3.8, 4) is 0 Å². The summed E-state index contributed by atoms with van der Waals surface area (Å²) in [5.41, 5.74) is 0.149. The first-order valence-electron chi connectivity index (χ1n) is 5.93. The van der Waals surface area contributed by atoms with Gasteiger partial charge in [-0.05, 0) is 45.4 Å². The van der Waals surface area contributed by atoms with Crippen molar-refractivity contribution in [3.05, 3.63) is 35.1 Å². The molecule has 0 aromatic heterocycles. The van der Waals surface area contributed by atoms with Crippen LogP contribution in [0.2, 0.25) is 0 Å². The fraction of sp³-hybridized carbons (Fsp3) is 0.429. The number of carbonyl (C=O) groups is 2. The second-order valence-corrected chi connectivity index (χ2v) is 5.42. The van der Waals surface area contributed by atoms with E-state index < -0.39 is 29.8 Å². The summed E-state index contributed by atoms with van der Waals surface area (Å²) >= 11 is 0. The molecule has 1 rings (SSSR count). The van der Waals surface area contributed by atoms with Crippen LogP contribution in [0.1, 0.15) is 36.7 Å². The van der Waals surface area contributed by atoms with Crippen LogP contribution in [0, 0.1) is 12.7 Å². The van der Waals surface area contributed by atoms with E-state index in [0.29, 0.717) is 5.56 Å². The van der Waals surface area contributed by atoms with Gasteiger partial charge in [-0.2, -0.15) is 0 Å². The van der Waals surface area contributed by atoms with Crippen LogP contribution in [-0.4, -0.2) is 34.0 Å². The molecule has 0 fully saturated rings. The number of hydrogen-bond donors (Lipinski definition) is 1. The van der Waals surface area contributed by atoms with E-state index in [4.69, 9.17) is 5.11 Å². The molecule has 0 aliphatic carbocycles. The Morgan fingerprint density at radius 1 is 1.32 bits per heavy atom. The molecule has 0 spiro atoms. The summed E-state index contributed by atoms with van der Waals surface area (Å²) in [5, 5.41) is 8.90. The first kappa shape index (κ1) is 15.1. The van der Waals surface area contributed by atoms with Gasteiger partial charge in [-0.15, -0.1) is 0 Å². The topological polar surface area (TPSA) is 57.6 Å². The van der Waals surface area contributed by atoms with Crippen LogP contribution in [0.25, 0.3) is 0 Å². The van der Waals surface area contributed by atoms with Crippen LogP contribution < -0.4 is 0 Å². The summed E-state index contributed by atoms with van der Waals surface area (Å²) in [6, 6.07) is 3.91. The Morgan fingerprint density at radius 3 is 2.37 bits per heavy atom. The smallest absolute Gasteiger partial charge is 0.323 e. The molecule has 0 heterocycles. The van der Waals surface area contributed by atoms with Gasteiger partial charge < -0.3 is 10.0 Å². The minimum absolute atomic E-state index is 0.191. The molecule has 0 aliphatic rings. The third-order valence-electron chi connectivity index (χ3n) is 2.78. The van der Waals surface area contributed by atoms with E-state index in [-0.39, 0.29) is 5.56 Å². The van der Waals surface area contributed by atoms with Gasteiger partial charge in [-0.1, -0.05) is 6.07 Å². The molecule has 0 bridgehead atoms. The van der Waals surface area contributed by atoms with Crippen LogP contribution in [0.5, 0.6) is 0 Å². The molecule has 104 valence electrons. The third-order valence-corrected chi connectivity index (χ3v) is 2.78. The highest BCUT2D eigenvalue weighted by Crippen LogP contribution is 2.20. The fourth-order valence-corrected chi connectivity index (χ4v) is 1.72. The van der Waals surface area contributed by atoms with E-state index >= 15 is 0 Å². The van der Waals surface area contributed by atoms with Crippen LogP contribution in [0.15, 0.2) is 18.2 Å². The maximum atomic E-state index is 13.2. The van der Waals surface area contributed by atoms with E-state index in [1.54, 1.807) is 27.7 Å². The van der Waals surface area contributed by atoms with Crippen LogP contribution in [0.4, 0.5) is 4.39 Å². The zero-order chi connectivity index (χ0) is 14.8. The molecule has 1 N–H and O–H groups in total. The van der Waals surface area contributed by atoms with Gasteiger partial charge in [0.05, 0.1) is 0 Å². The van der Waals surface area contributed by atoms with Crippen molar-refractivity contribution in [3.63, 3.8) is 0 Å². The van der Waals surface area contributed by atoms with Crippen molar-refractivity contribution in [1.29, 1.82) is 0 Å². The molecular weight excluding hydrogens is 249 g/mol. The maximum Gasteiger partial charge on any atom is 0.323 e. The highest BCUT2D eigenvalue weighted by Gasteiger charge is 2.30. The van der Waals surface area contributed by atoms with Crippen molar-refractivity contribution >= 4 is 11.9 Å². The van der Waals surface area contributed by atoms with Gasteiger partial charge in [0, 0.05) is 11.1 Å². The fourth-order valence-electron chi connectivity index (χ4n) is 1.72. The minimum Gasteiger partial charge on any atom is -0.480 e. The molecule has 0 saturated heterocycles. The molecule has 4 nitrogen and oxygen atoms in total. The van der Waals surface area contributed by atoms with Gasteiger partial charge in [0.2, 0.25) is 0 Å². The number of hydrogen-bond acceptors (Lipinski definition) is 2. The van der Waals surface area contributed by atoms with E-state index in [1.807, 2.05) is 0 Å². The Balaban J connectivity index is 3.19. The highest BCUT2D eigenvalue weighted by atomic mass is 19.1. The first-order chi connectivity index (χ1) is 8.62. The number of carboxylic acid groups (broad SMARTS) is 1. The molecule has 0 atom stereocenters. The Kier molecular flexibility index (Phi) is 4.29. The highest BCUT2D eigenvalue weighted by molar-refractivity contribution is 5.97. The van der Waals surface area contributed by atoms with Crippen molar-refractivity contribution in [1.82, 2.24) is 4.90 Å². The number of halogens is 1. The van der Waals surface area contributed by atoms with Gasteiger partial charge in [0.15, 0.2) is 0 Å². The number of aryl methyl sites for hydroxylation is 1. The van der Waals surface area contributed by atoms with Crippen LogP contribution in [-0.2, 0) is 4.79 Å². The van der Waals surface area contributed by atoms with Crippen molar-refractivity contribution in [2.75, 3.05) is 6.54 Å². The average Bonchev–Trinajstić information content (AvgIpc) is 2.26. The van der Waals surface area contributed by atoms with Gasteiger partial charge in [-0.25, -0.2) is 4.39 Å². The standard InChI is InChI=1S/C14H18FNO3/c1-9-5-6-10(15)7-11(9)13(19)16(8-12(17)18)14(2,3)4/h5-7H,8H2,1-4H3,(H,17,18). The third kappa shape index (κ3) is 3.77. The monoisotopic (exact) mass is 267 g/mol. The van der Waals surface area contributed by atoms with Gasteiger partial charge in [0.25, 0.3) is 5.91 Å². The molecular formula is C14H18FNO3. The number of rotatable bonds is 3. The molecule has 19 heavy (non-hydrogen) atoms. The van der Waals surface area contributed by atoms with E-state index in [0.717, 1.165) is 6.07 Å². The molecule has 1 amide bonds. The Labute approximate surface area is 111 Å². The van der Waals surface area contributed by atoms with Crippen LogP contribution in [0.3, 0.4) is 0 Å². The number of amides is 1. The predicted octanol–water partition coefficient (Wildman–Crippen LogP) is 2.46. The van der Waals surface area contributed by atoms with Crippen LogP contribution >= 0.6 is 0 Å². The molecule has 1 aromatic rings. The van der Waals surface area contributed by atoms with Gasteiger partial charge in [0.1, 0.15) is 12.4 Å². The lowest BCUT2D eigenvalue weighted by atomic mass is 10.0. The second-order valence-electron chi connectivity index (χ2n) is 5.42. The maximum absolute atomic E-state index is 13.2. The zero-order valence-electron chi connectivity index (χ0n) is 11.5. The quantitative estimate of drug-likeness (QED) is 0.915. The Hall–Kier alpha value is -1.91. The molecule has 1 aromatic carbocycles. The summed E-state index contributed by atoms with van der Waals surface area (Å²) < 4.78 is 13.2. The SMILES string of the molecule is Cc1ccc(F)cc1C(=O)N(CC(=O)O)C(C)(C)C. The van der Waals surface area contributed by atoms with Gasteiger partial charge >= 0.3 is 5.97 Å². The van der Waals surface area contributed by atoms with Crippen molar-refractivity contribution in [2.24, 2.45) is 0 Å². The number of carboxylic acids is 1. The largest absolute Gasteiger partial charge is 0.480 e. The Morgan fingerprint density at radius 2 is 1.89 bits per heavy atom. The number of nitrogens with zero attached hydrogens (tertiary/aromatic N) is 1. The summed E-state index contributed by atoms with van der Waals surface area (Å²) in [6.45, 7) is 6.49. The van der Waals surface area contributed by atoms with E-state index in [9.17, 15) is 14.0 Å². The lowest BCUT2D eigenvalue weighted by molar-refractivity contribution is -0.138. The zero-order valence-corrected chi connectivity index (χ0v) is 11.5. The normalized spacial score (nSPS) is 11.2. The molecule has 0 radical (unpaired) electrons. The predicted molar refractivity (Wildman–Crippen MR) is 69.6 cm³/mol. The molecule has 0 aliphatic heterocycles. The average molecular weight is 267 g/mol. The minimum atomic E-state index is -1.10. The van der Waals surface area contributed by atoms with Crippen molar-refractivity contribution < 1.29 is 19.1 Å². The Bertz CT molecular complexity index is 506. The summed E-state index contributed by atoms with van der Waals surface area (Å²) in [7, 11) is 0. The molecule has 0 unspecified atom stereocenters. The lowest BCUT2D eigenvalue weighted by Gasteiger charge is -2.34. The van der Waals surface area contributed by atoms with E-state index in [1.165, 1.54) is 17.0 Å². The number of carbonyl (C=O) groups excluding carboxylic acids is 1. The van der Waals surface area contributed by atoms with Gasteiger partial charge in [-0.3, -0.25) is 9.59 Å². The molecule has 0 saturated carbocycles. The van der Waals surface area contributed by atoms with E-state index in [2.05, 4.69) is 0 Å². The molecule has 5 heteroatoms.